The van der Waals surface area contributed by atoms with Gasteiger partial charge in [0, 0.05) is 6.54 Å². The molecule has 0 fully saturated rings. The summed E-state index contributed by atoms with van der Waals surface area (Å²) in [5.41, 5.74) is 6.32. The van der Waals surface area contributed by atoms with Gasteiger partial charge in [0.25, 0.3) is 0 Å². The highest BCUT2D eigenvalue weighted by atomic mass is 16.5. The van der Waals surface area contributed by atoms with Gasteiger partial charge in [0.2, 0.25) is 0 Å². The first-order valence-electron chi connectivity index (χ1n) is 5.66. The first kappa shape index (κ1) is 13.3. The molecule has 3 N–H and O–H groups in total. The van der Waals surface area contributed by atoms with E-state index in [1.165, 1.54) is 13.3 Å². The zero-order valence-electron chi connectivity index (χ0n) is 10.5. The second kappa shape index (κ2) is 6.08. The molecule has 0 spiro atoms. The average molecular weight is 237 g/mol. The molecule has 0 aliphatic heterocycles. The van der Waals surface area contributed by atoms with E-state index in [4.69, 9.17) is 5.73 Å². The van der Waals surface area contributed by atoms with Crippen molar-refractivity contribution >= 4 is 17.5 Å². The Morgan fingerprint density at radius 3 is 2.94 bits per heavy atom. The number of rotatable bonds is 5. The monoisotopic (exact) mass is 237 g/mol. The molecule has 0 aromatic carbocycles. The van der Waals surface area contributed by atoms with Crippen LogP contribution in [0.5, 0.6) is 0 Å². The maximum Gasteiger partial charge on any atom is 0.340 e. The Bertz CT molecular complexity index is 393. The van der Waals surface area contributed by atoms with Crippen LogP contribution in [0, 0.1) is 5.92 Å². The Morgan fingerprint density at radius 2 is 2.35 bits per heavy atom. The van der Waals surface area contributed by atoms with Gasteiger partial charge in [0.15, 0.2) is 0 Å². The van der Waals surface area contributed by atoms with Crippen molar-refractivity contribution in [1.82, 2.24) is 4.98 Å². The Morgan fingerprint density at radius 1 is 1.65 bits per heavy atom. The highest BCUT2D eigenvalue weighted by Gasteiger charge is 2.11. The average Bonchev–Trinajstić information content (AvgIpc) is 2.36. The van der Waals surface area contributed by atoms with Crippen molar-refractivity contribution in [2.75, 3.05) is 24.7 Å². The number of carbonyl (C=O) groups excluding carboxylic acids is 1. The quantitative estimate of drug-likeness (QED) is 0.765. The van der Waals surface area contributed by atoms with Gasteiger partial charge in [0.1, 0.15) is 5.82 Å². The number of hydrogen-bond acceptors (Lipinski definition) is 5. The van der Waals surface area contributed by atoms with Gasteiger partial charge in [-0.1, -0.05) is 20.3 Å². The van der Waals surface area contributed by atoms with Crippen LogP contribution >= 0.6 is 0 Å². The molecule has 1 heterocycles. The second-order valence-electron chi connectivity index (χ2n) is 4.04. The Balaban J connectivity index is 2.78. The van der Waals surface area contributed by atoms with Crippen molar-refractivity contribution in [2.45, 2.75) is 20.3 Å². The summed E-state index contributed by atoms with van der Waals surface area (Å²) in [6.07, 6.45) is 2.55. The molecule has 0 radical (unpaired) electrons. The molecular formula is C12H19N3O2. The third-order valence-electron chi connectivity index (χ3n) is 2.67. The van der Waals surface area contributed by atoms with E-state index in [2.05, 4.69) is 28.9 Å². The lowest BCUT2D eigenvalue weighted by atomic mass is 10.1. The molecule has 0 amide bonds. The Kier molecular flexibility index (Phi) is 4.75. The number of nitrogen functional groups attached to an aromatic ring is 1. The molecule has 0 saturated heterocycles. The smallest absolute Gasteiger partial charge is 0.340 e. The number of ether oxygens (including phenoxy) is 1. The second-order valence-corrected chi connectivity index (χ2v) is 4.04. The van der Waals surface area contributed by atoms with E-state index in [1.54, 1.807) is 6.07 Å². The highest BCUT2D eigenvalue weighted by Crippen LogP contribution is 2.16. The number of nitrogens with two attached hydrogens (primary N) is 1. The van der Waals surface area contributed by atoms with Crippen molar-refractivity contribution in [3.8, 4) is 0 Å². The number of methoxy groups -OCH3 is 1. The SMILES string of the molecule is CCC(C)CNc1cc(C(=O)OC)c(N)cn1. The van der Waals surface area contributed by atoms with Gasteiger partial charge in [-0.05, 0) is 12.0 Å². The van der Waals surface area contributed by atoms with E-state index < -0.39 is 5.97 Å². The fourth-order valence-corrected chi connectivity index (χ4v) is 1.27. The lowest BCUT2D eigenvalue weighted by Gasteiger charge is -2.12. The minimum atomic E-state index is -0.448. The molecule has 5 heteroatoms. The molecule has 17 heavy (non-hydrogen) atoms. The van der Waals surface area contributed by atoms with Gasteiger partial charge in [-0.3, -0.25) is 0 Å². The number of carbonyl (C=O) groups is 1. The first-order chi connectivity index (χ1) is 8.08. The third-order valence-corrected chi connectivity index (χ3v) is 2.67. The van der Waals surface area contributed by atoms with Gasteiger partial charge in [0.05, 0.1) is 24.6 Å². The molecule has 0 bridgehead atoms. The molecule has 1 aromatic rings. The standard InChI is InChI=1S/C12H19N3O2/c1-4-8(2)6-14-11-5-9(12(16)17-3)10(13)7-15-11/h5,7-8H,4,6,13H2,1-3H3,(H,14,15). The van der Waals surface area contributed by atoms with Crippen LogP contribution in [0.1, 0.15) is 30.6 Å². The van der Waals surface area contributed by atoms with Crippen molar-refractivity contribution in [3.63, 3.8) is 0 Å². The molecular weight excluding hydrogens is 218 g/mol. The van der Waals surface area contributed by atoms with Gasteiger partial charge in [-0.15, -0.1) is 0 Å². The number of anilines is 2. The number of esters is 1. The number of nitrogens with one attached hydrogen (secondary N) is 1. The van der Waals surface area contributed by atoms with Crippen molar-refractivity contribution < 1.29 is 9.53 Å². The summed E-state index contributed by atoms with van der Waals surface area (Å²) in [6, 6.07) is 1.61. The van der Waals surface area contributed by atoms with E-state index >= 15 is 0 Å². The van der Waals surface area contributed by atoms with Crippen LogP contribution in [0.3, 0.4) is 0 Å². The number of nitrogens with zero attached hydrogens (tertiary/aromatic N) is 1. The van der Waals surface area contributed by atoms with E-state index in [0.29, 0.717) is 23.0 Å². The first-order valence-corrected chi connectivity index (χ1v) is 5.66. The maximum absolute atomic E-state index is 11.4. The Hall–Kier alpha value is -1.78. The minimum Gasteiger partial charge on any atom is -0.465 e. The lowest BCUT2D eigenvalue weighted by Crippen LogP contribution is -2.13. The van der Waals surface area contributed by atoms with Crippen LogP contribution in [-0.4, -0.2) is 24.6 Å². The molecule has 5 nitrogen and oxygen atoms in total. The van der Waals surface area contributed by atoms with Gasteiger partial charge >= 0.3 is 5.97 Å². The predicted molar refractivity (Wildman–Crippen MR) is 67.9 cm³/mol. The van der Waals surface area contributed by atoms with Gasteiger partial charge < -0.3 is 15.8 Å². The molecule has 94 valence electrons. The zero-order chi connectivity index (χ0) is 12.8. The third kappa shape index (κ3) is 3.62. The Labute approximate surface area is 101 Å². The van der Waals surface area contributed by atoms with Crippen LogP contribution in [0.4, 0.5) is 11.5 Å². The largest absolute Gasteiger partial charge is 0.465 e. The summed E-state index contributed by atoms with van der Waals surface area (Å²) >= 11 is 0. The van der Waals surface area contributed by atoms with Crippen LogP contribution in [0.15, 0.2) is 12.3 Å². The predicted octanol–water partition coefficient (Wildman–Crippen LogP) is 1.91. The molecule has 0 aliphatic carbocycles. The van der Waals surface area contributed by atoms with E-state index in [-0.39, 0.29) is 0 Å². The molecule has 1 unspecified atom stereocenters. The van der Waals surface area contributed by atoms with E-state index in [1.807, 2.05) is 0 Å². The maximum atomic E-state index is 11.4. The van der Waals surface area contributed by atoms with Crippen LogP contribution in [-0.2, 0) is 4.74 Å². The normalized spacial score (nSPS) is 11.9. The summed E-state index contributed by atoms with van der Waals surface area (Å²) in [4.78, 5) is 15.5. The summed E-state index contributed by atoms with van der Waals surface area (Å²) < 4.78 is 4.64. The zero-order valence-corrected chi connectivity index (χ0v) is 10.5. The minimum absolute atomic E-state index is 0.325. The molecule has 1 aromatic heterocycles. The summed E-state index contributed by atoms with van der Waals surface area (Å²) in [6.45, 7) is 5.09. The fraction of sp³-hybridized carbons (Fsp3) is 0.500. The van der Waals surface area contributed by atoms with Crippen molar-refractivity contribution in [3.05, 3.63) is 17.8 Å². The number of hydrogen-bond donors (Lipinski definition) is 2. The van der Waals surface area contributed by atoms with E-state index in [9.17, 15) is 4.79 Å². The van der Waals surface area contributed by atoms with Crippen LogP contribution in [0.25, 0.3) is 0 Å². The molecule has 0 saturated carbocycles. The molecule has 1 rings (SSSR count). The lowest BCUT2D eigenvalue weighted by molar-refractivity contribution is 0.0602. The summed E-state index contributed by atoms with van der Waals surface area (Å²) in [5.74, 6) is 0.743. The number of pyridine rings is 1. The van der Waals surface area contributed by atoms with Crippen LogP contribution in [0.2, 0.25) is 0 Å². The van der Waals surface area contributed by atoms with Crippen molar-refractivity contribution in [2.24, 2.45) is 5.92 Å². The van der Waals surface area contributed by atoms with Gasteiger partial charge in [-0.25, -0.2) is 9.78 Å². The van der Waals surface area contributed by atoms with Crippen LogP contribution < -0.4 is 11.1 Å². The molecule has 0 aliphatic rings. The summed E-state index contributed by atoms with van der Waals surface area (Å²) in [5, 5.41) is 3.17. The highest BCUT2D eigenvalue weighted by molar-refractivity contribution is 5.95. The van der Waals surface area contributed by atoms with Gasteiger partial charge in [-0.2, -0.15) is 0 Å². The van der Waals surface area contributed by atoms with E-state index in [0.717, 1.165) is 13.0 Å². The summed E-state index contributed by atoms with van der Waals surface area (Å²) in [7, 11) is 1.33. The van der Waals surface area contributed by atoms with Crippen molar-refractivity contribution in [1.29, 1.82) is 0 Å². The number of aromatic nitrogens is 1. The topological polar surface area (TPSA) is 77.2 Å². The molecule has 1 atom stereocenters. The fourth-order valence-electron chi connectivity index (χ4n) is 1.27.